The first-order chi connectivity index (χ1) is 9.09. The smallest absolute Gasteiger partial charge is 0.194 e. The number of benzene rings is 1. The SMILES string of the molecule is CCOC1(C(=O)c2ccccc2C)CCC(C)CC1. The Morgan fingerprint density at radius 1 is 1.32 bits per heavy atom. The zero-order valence-electron chi connectivity index (χ0n) is 12.2. The number of carbonyl (C=O) groups is 1. The Labute approximate surface area is 116 Å². The van der Waals surface area contributed by atoms with Gasteiger partial charge in [0.2, 0.25) is 0 Å². The maximum absolute atomic E-state index is 12.9. The van der Waals surface area contributed by atoms with Crippen molar-refractivity contribution < 1.29 is 9.53 Å². The van der Waals surface area contributed by atoms with Crippen molar-refractivity contribution in [1.29, 1.82) is 0 Å². The summed E-state index contributed by atoms with van der Waals surface area (Å²) in [4.78, 5) is 12.9. The lowest BCUT2D eigenvalue weighted by molar-refractivity contribution is -0.0474. The first-order valence-electron chi connectivity index (χ1n) is 7.33. The molecule has 0 saturated heterocycles. The van der Waals surface area contributed by atoms with Crippen LogP contribution >= 0.6 is 0 Å². The fourth-order valence-electron chi connectivity index (χ4n) is 3.01. The van der Waals surface area contributed by atoms with Crippen molar-refractivity contribution in [3.63, 3.8) is 0 Å². The fourth-order valence-corrected chi connectivity index (χ4v) is 3.01. The molecule has 1 aliphatic rings. The maximum Gasteiger partial charge on any atom is 0.194 e. The van der Waals surface area contributed by atoms with E-state index in [4.69, 9.17) is 4.74 Å². The summed E-state index contributed by atoms with van der Waals surface area (Å²) >= 11 is 0. The van der Waals surface area contributed by atoms with Gasteiger partial charge < -0.3 is 4.74 Å². The molecule has 1 saturated carbocycles. The van der Waals surface area contributed by atoms with E-state index >= 15 is 0 Å². The van der Waals surface area contributed by atoms with Crippen LogP contribution in [0.15, 0.2) is 24.3 Å². The van der Waals surface area contributed by atoms with Gasteiger partial charge in [0, 0.05) is 12.2 Å². The van der Waals surface area contributed by atoms with E-state index in [0.29, 0.717) is 12.5 Å². The van der Waals surface area contributed by atoms with Crippen molar-refractivity contribution in [3.8, 4) is 0 Å². The van der Waals surface area contributed by atoms with Crippen molar-refractivity contribution in [1.82, 2.24) is 0 Å². The molecule has 1 aromatic rings. The van der Waals surface area contributed by atoms with Gasteiger partial charge in [0.1, 0.15) is 5.60 Å². The van der Waals surface area contributed by atoms with Crippen molar-refractivity contribution in [3.05, 3.63) is 35.4 Å². The van der Waals surface area contributed by atoms with E-state index in [1.54, 1.807) is 0 Å². The molecule has 1 aliphatic carbocycles. The van der Waals surface area contributed by atoms with E-state index in [-0.39, 0.29) is 5.78 Å². The largest absolute Gasteiger partial charge is 0.367 e. The lowest BCUT2D eigenvalue weighted by Crippen LogP contribution is -2.45. The Bertz CT molecular complexity index is 442. The highest BCUT2D eigenvalue weighted by atomic mass is 16.5. The van der Waals surface area contributed by atoms with Gasteiger partial charge in [0.05, 0.1) is 0 Å². The minimum Gasteiger partial charge on any atom is -0.367 e. The van der Waals surface area contributed by atoms with Gasteiger partial charge >= 0.3 is 0 Å². The molecule has 0 spiro atoms. The van der Waals surface area contributed by atoms with Crippen LogP contribution in [0.4, 0.5) is 0 Å². The lowest BCUT2D eigenvalue weighted by Gasteiger charge is -2.38. The van der Waals surface area contributed by atoms with Gasteiger partial charge in [0.25, 0.3) is 0 Å². The number of rotatable bonds is 4. The third-order valence-corrected chi connectivity index (χ3v) is 4.31. The van der Waals surface area contributed by atoms with Crippen LogP contribution in [0.25, 0.3) is 0 Å². The number of carbonyl (C=O) groups excluding carboxylic acids is 1. The quantitative estimate of drug-likeness (QED) is 0.760. The highest BCUT2D eigenvalue weighted by Gasteiger charge is 2.42. The average molecular weight is 260 g/mol. The molecule has 2 nitrogen and oxygen atoms in total. The molecule has 0 heterocycles. The third-order valence-electron chi connectivity index (χ3n) is 4.31. The predicted octanol–water partition coefficient (Wildman–Crippen LogP) is 4.16. The molecule has 2 rings (SSSR count). The number of ketones is 1. The number of Topliss-reactive ketones (excluding diaryl/α,β-unsaturated/α-hetero) is 1. The second-order valence-electron chi connectivity index (χ2n) is 5.75. The zero-order valence-corrected chi connectivity index (χ0v) is 12.2. The molecule has 2 heteroatoms. The number of hydrogen-bond donors (Lipinski definition) is 0. The topological polar surface area (TPSA) is 26.3 Å². The minimum atomic E-state index is -0.576. The Kier molecular flexibility index (Phi) is 4.41. The van der Waals surface area contributed by atoms with Crippen LogP contribution in [-0.2, 0) is 4.74 Å². The standard InChI is InChI=1S/C17H24O2/c1-4-19-17(11-9-13(2)10-12-17)16(18)15-8-6-5-7-14(15)3/h5-8,13H,4,9-12H2,1-3H3. The van der Waals surface area contributed by atoms with Gasteiger partial charge in [-0.15, -0.1) is 0 Å². The third kappa shape index (κ3) is 2.89. The van der Waals surface area contributed by atoms with Crippen molar-refractivity contribution in [2.24, 2.45) is 5.92 Å². The van der Waals surface area contributed by atoms with E-state index in [9.17, 15) is 4.79 Å². The van der Waals surface area contributed by atoms with Gasteiger partial charge in [-0.25, -0.2) is 0 Å². The summed E-state index contributed by atoms with van der Waals surface area (Å²) in [6.45, 7) is 6.84. The van der Waals surface area contributed by atoms with E-state index < -0.39 is 5.60 Å². The number of aryl methyl sites for hydroxylation is 1. The normalized spacial score (nSPS) is 27.2. The van der Waals surface area contributed by atoms with Crippen LogP contribution in [0.2, 0.25) is 0 Å². The summed E-state index contributed by atoms with van der Waals surface area (Å²) in [5.41, 5.74) is 1.30. The van der Waals surface area contributed by atoms with Gasteiger partial charge in [-0.1, -0.05) is 31.2 Å². The predicted molar refractivity (Wildman–Crippen MR) is 77.5 cm³/mol. The van der Waals surface area contributed by atoms with Crippen molar-refractivity contribution in [2.75, 3.05) is 6.61 Å². The fraction of sp³-hybridized carbons (Fsp3) is 0.588. The van der Waals surface area contributed by atoms with Crippen LogP contribution in [0.1, 0.15) is 55.5 Å². The second-order valence-corrected chi connectivity index (χ2v) is 5.75. The first kappa shape index (κ1) is 14.3. The second kappa shape index (κ2) is 5.87. The van der Waals surface area contributed by atoms with Crippen LogP contribution in [0.3, 0.4) is 0 Å². The molecule has 19 heavy (non-hydrogen) atoms. The monoisotopic (exact) mass is 260 g/mol. The summed E-state index contributed by atoms with van der Waals surface area (Å²) in [5, 5.41) is 0. The molecule has 0 N–H and O–H groups in total. The molecular weight excluding hydrogens is 236 g/mol. The molecular formula is C17H24O2. The lowest BCUT2D eigenvalue weighted by atomic mass is 9.75. The summed E-state index contributed by atoms with van der Waals surface area (Å²) in [6, 6.07) is 7.84. The van der Waals surface area contributed by atoms with E-state index in [1.807, 2.05) is 38.1 Å². The zero-order chi connectivity index (χ0) is 13.9. The maximum atomic E-state index is 12.9. The summed E-state index contributed by atoms with van der Waals surface area (Å²) < 4.78 is 5.94. The Morgan fingerprint density at radius 3 is 2.53 bits per heavy atom. The van der Waals surface area contributed by atoms with E-state index in [2.05, 4.69) is 6.92 Å². The van der Waals surface area contributed by atoms with Crippen molar-refractivity contribution >= 4 is 5.78 Å². The first-order valence-corrected chi connectivity index (χ1v) is 7.33. The minimum absolute atomic E-state index is 0.180. The molecule has 0 amide bonds. The molecule has 0 aromatic heterocycles. The van der Waals surface area contributed by atoms with Gasteiger partial charge in [-0.05, 0) is 51.0 Å². The Morgan fingerprint density at radius 2 is 1.95 bits per heavy atom. The number of hydrogen-bond acceptors (Lipinski definition) is 2. The summed E-state index contributed by atoms with van der Waals surface area (Å²) in [6.07, 6.45) is 3.87. The Hall–Kier alpha value is -1.15. The highest BCUT2D eigenvalue weighted by Crippen LogP contribution is 2.37. The van der Waals surface area contributed by atoms with Gasteiger partial charge in [0.15, 0.2) is 5.78 Å². The Balaban J connectivity index is 2.29. The molecule has 0 aliphatic heterocycles. The molecule has 0 atom stereocenters. The molecule has 0 unspecified atom stereocenters. The molecule has 0 bridgehead atoms. The summed E-state index contributed by atoms with van der Waals surface area (Å²) in [7, 11) is 0. The van der Waals surface area contributed by atoms with Crippen LogP contribution in [0.5, 0.6) is 0 Å². The number of ether oxygens (including phenoxy) is 1. The van der Waals surface area contributed by atoms with Crippen LogP contribution in [-0.4, -0.2) is 18.0 Å². The molecule has 1 fully saturated rings. The molecule has 1 aromatic carbocycles. The van der Waals surface area contributed by atoms with Crippen molar-refractivity contribution in [2.45, 2.75) is 52.1 Å². The highest BCUT2D eigenvalue weighted by molar-refractivity contribution is 6.03. The van der Waals surface area contributed by atoms with E-state index in [0.717, 1.165) is 36.8 Å². The van der Waals surface area contributed by atoms with Crippen LogP contribution in [0, 0.1) is 12.8 Å². The van der Waals surface area contributed by atoms with Crippen LogP contribution < -0.4 is 0 Å². The molecule has 0 radical (unpaired) electrons. The van der Waals surface area contributed by atoms with Gasteiger partial charge in [-0.2, -0.15) is 0 Å². The van der Waals surface area contributed by atoms with E-state index in [1.165, 1.54) is 0 Å². The van der Waals surface area contributed by atoms with Gasteiger partial charge in [-0.3, -0.25) is 4.79 Å². The average Bonchev–Trinajstić information content (AvgIpc) is 2.42. The molecule has 104 valence electrons. The summed E-state index contributed by atoms with van der Waals surface area (Å²) in [5.74, 6) is 0.887.